The summed E-state index contributed by atoms with van der Waals surface area (Å²) in [4.78, 5) is 39.6. The van der Waals surface area contributed by atoms with Gasteiger partial charge in [0.1, 0.15) is 5.82 Å². The highest BCUT2D eigenvalue weighted by atomic mass is 19.1. The van der Waals surface area contributed by atoms with E-state index in [1.54, 1.807) is 42.5 Å². The van der Waals surface area contributed by atoms with Crippen molar-refractivity contribution in [2.75, 3.05) is 23.6 Å². The third-order valence-corrected chi connectivity index (χ3v) is 5.96. The van der Waals surface area contributed by atoms with E-state index in [0.717, 1.165) is 5.56 Å². The first-order valence-electron chi connectivity index (χ1n) is 11.1. The molecule has 0 spiro atoms. The lowest BCUT2D eigenvalue weighted by Crippen LogP contribution is -2.30. The molecule has 2 N–H and O–H groups in total. The smallest absolute Gasteiger partial charge is 0.253 e. The quantitative estimate of drug-likeness (QED) is 0.569. The highest BCUT2D eigenvalue weighted by Gasteiger charge is 2.36. The largest absolute Gasteiger partial charge is 0.454 e. The average Bonchev–Trinajstić information content (AvgIpc) is 3.49. The summed E-state index contributed by atoms with van der Waals surface area (Å²) in [6, 6.07) is 18.0. The number of carbonyl (C=O) groups excluding carboxylic acids is 3. The fraction of sp³-hybridized carbons (Fsp3) is 0.192. The van der Waals surface area contributed by atoms with E-state index in [9.17, 15) is 18.8 Å². The van der Waals surface area contributed by atoms with Gasteiger partial charge in [0.25, 0.3) is 5.91 Å². The number of nitrogens with one attached hydrogen (secondary N) is 2. The van der Waals surface area contributed by atoms with Crippen LogP contribution < -0.4 is 25.0 Å². The molecule has 9 heteroatoms. The number of fused-ring (bicyclic) bond motifs is 1. The van der Waals surface area contributed by atoms with Gasteiger partial charge in [0.15, 0.2) is 11.5 Å². The minimum Gasteiger partial charge on any atom is -0.454 e. The molecular weight excluding hydrogens is 453 g/mol. The monoisotopic (exact) mass is 475 g/mol. The van der Waals surface area contributed by atoms with Gasteiger partial charge in [-0.25, -0.2) is 4.39 Å². The van der Waals surface area contributed by atoms with Crippen molar-refractivity contribution < 1.29 is 28.2 Å². The van der Waals surface area contributed by atoms with Gasteiger partial charge in [-0.3, -0.25) is 14.4 Å². The Morgan fingerprint density at radius 1 is 1.00 bits per heavy atom. The number of hydrogen-bond donors (Lipinski definition) is 2. The maximum Gasteiger partial charge on any atom is 0.253 e. The van der Waals surface area contributed by atoms with Gasteiger partial charge in [0.05, 0.1) is 22.9 Å². The predicted molar refractivity (Wildman–Crippen MR) is 126 cm³/mol. The van der Waals surface area contributed by atoms with Gasteiger partial charge in [-0.1, -0.05) is 30.3 Å². The zero-order chi connectivity index (χ0) is 24.4. The van der Waals surface area contributed by atoms with Crippen molar-refractivity contribution >= 4 is 29.1 Å². The van der Waals surface area contributed by atoms with E-state index in [0.29, 0.717) is 17.2 Å². The van der Waals surface area contributed by atoms with Crippen LogP contribution in [0.1, 0.15) is 22.3 Å². The van der Waals surface area contributed by atoms with E-state index in [2.05, 4.69) is 10.6 Å². The molecule has 3 amide bonds. The van der Waals surface area contributed by atoms with Crippen molar-refractivity contribution in [2.24, 2.45) is 5.92 Å². The van der Waals surface area contributed by atoms with Gasteiger partial charge < -0.3 is 25.0 Å². The molecule has 3 aromatic carbocycles. The number of carbonyl (C=O) groups is 3. The number of halogens is 1. The van der Waals surface area contributed by atoms with Crippen LogP contribution in [0.3, 0.4) is 0 Å². The lowest BCUT2D eigenvalue weighted by atomic mass is 10.1. The molecule has 0 saturated carbocycles. The summed E-state index contributed by atoms with van der Waals surface area (Å²) in [6.07, 6.45) is -0.0430. The number of benzene rings is 3. The highest BCUT2D eigenvalue weighted by molar-refractivity contribution is 6.07. The Bertz CT molecular complexity index is 1310. The molecule has 8 nitrogen and oxygen atoms in total. The van der Waals surface area contributed by atoms with Gasteiger partial charge in [-0.05, 0) is 42.0 Å². The van der Waals surface area contributed by atoms with Crippen molar-refractivity contribution in [3.63, 3.8) is 0 Å². The lowest BCUT2D eigenvalue weighted by molar-refractivity contribution is -0.122. The molecule has 2 heterocycles. The molecule has 0 aliphatic carbocycles. The van der Waals surface area contributed by atoms with Crippen LogP contribution in [0.15, 0.2) is 66.7 Å². The molecule has 5 rings (SSSR count). The van der Waals surface area contributed by atoms with Gasteiger partial charge >= 0.3 is 0 Å². The number of hydrogen-bond acceptors (Lipinski definition) is 5. The molecule has 178 valence electrons. The Labute approximate surface area is 200 Å². The second-order valence-corrected chi connectivity index (χ2v) is 8.26. The highest BCUT2D eigenvalue weighted by Crippen LogP contribution is 2.32. The minimum absolute atomic E-state index is 0.0430. The van der Waals surface area contributed by atoms with Crippen molar-refractivity contribution in [1.29, 1.82) is 0 Å². The number of para-hydroxylation sites is 2. The first-order valence-corrected chi connectivity index (χ1v) is 11.1. The maximum atomic E-state index is 14.1. The summed E-state index contributed by atoms with van der Waals surface area (Å²) in [5.74, 6) is -1.02. The van der Waals surface area contributed by atoms with Crippen molar-refractivity contribution in [1.82, 2.24) is 5.32 Å². The Balaban J connectivity index is 1.24. The van der Waals surface area contributed by atoms with Gasteiger partial charge in [0, 0.05) is 19.5 Å². The van der Waals surface area contributed by atoms with Gasteiger partial charge in [-0.2, -0.15) is 0 Å². The molecule has 1 atom stereocenters. The fourth-order valence-electron chi connectivity index (χ4n) is 4.14. The van der Waals surface area contributed by atoms with Crippen molar-refractivity contribution in [3.8, 4) is 11.5 Å². The standard InChI is InChI=1S/C26H22FN3O5/c27-19-6-2-4-8-21(19)30-14-17(12-24(30)31)25(32)29-20-7-3-1-5-18(20)26(33)28-13-16-9-10-22-23(11-16)35-15-34-22/h1-11,17H,12-15H2,(H,28,33)(H,29,32)/t17-/m1/s1. The van der Waals surface area contributed by atoms with Crippen molar-refractivity contribution in [2.45, 2.75) is 13.0 Å². The Hall–Kier alpha value is -4.40. The van der Waals surface area contributed by atoms with Crippen LogP contribution in [0.2, 0.25) is 0 Å². The Morgan fingerprint density at radius 3 is 2.63 bits per heavy atom. The van der Waals surface area contributed by atoms with Crippen LogP contribution in [0.4, 0.5) is 15.8 Å². The Kier molecular flexibility index (Phi) is 6.05. The topological polar surface area (TPSA) is 97.0 Å². The van der Waals surface area contributed by atoms with Crippen LogP contribution in [-0.4, -0.2) is 31.1 Å². The summed E-state index contributed by atoms with van der Waals surface area (Å²) in [5, 5.41) is 5.60. The SMILES string of the molecule is O=C(NCc1ccc2c(c1)OCO2)c1ccccc1NC(=O)[C@@H]1CC(=O)N(c2ccccc2F)C1. The average molecular weight is 475 g/mol. The second-order valence-electron chi connectivity index (χ2n) is 8.26. The molecule has 0 unspecified atom stereocenters. The third kappa shape index (κ3) is 4.65. The van der Waals surface area contributed by atoms with E-state index in [1.165, 1.54) is 23.1 Å². The molecule has 1 fully saturated rings. The summed E-state index contributed by atoms with van der Waals surface area (Å²) in [7, 11) is 0. The molecule has 2 aliphatic rings. The van der Waals surface area contributed by atoms with Crippen LogP contribution in [0.5, 0.6) is 11.5 Å². The van der Waals surface area contributed by atoms with E-state index in [1.807, 2.05) is 6.07 Å². The maximum absolute atomic E-state index is 14.1. The normalized spacial score (nSPS) is 16.3. The zero-order valence-electron chi connectivity index (χ0n) is 18.6. The summed E-state index contributed by atoms with van der Waals surface area (Å²) < 4.78 is 24.8. The predicted octanol–water partition coefficient (Wildman–Crippen LogP) is 3.48. The number of nitrogens with zero attached hydrogens (tertiary/aromatic N) is 1. The first kappa shape index (κ1) is 22.4. The first-order chi connectivity index (χ1) is 17.0. The van der Waals surface area contributed by atoms with E-state index in [-0.39, 0.29) is 49.4 Å². The molecule has 2 aliphatic heterocycles. The van der Waals surface area contributed by atoms with Crippen LogP contribution in [0.25, 0.3) is 0 Å². The molecule has 0 bridgehead atoms. The molecule has 0 aromatic heterocycles. The molecule has 35 heavy (non-hydrogen) atoms. The van der Waals surface area contributed by atoms with E-state index >= 15 is 0 Å². The van der Waals surface area contributed by atoms with Gasteiger partial charge in [0.2, 0.25) is 18.6 Å². The number of amides is 3. The lowest BCUT2D eigenvalue weighted by Gasteiger charge is -2.17. The molecule has 3 aromatic rings. The third-order valence-electron chi connectivity index (χ3n) is 5.96. The van der Waals surface area contributed by atoms with Crippen LogP contribution in [0, 0.1) is 11.7 Å². The van der Waals surface area contributed by atoms with Crippen molar-refractivity contribution in [3.05, 3.63) is 83.7 Å². The van der Waals surface area contributed by atoms with E-state index < -0.39 is 17.6 Å². The van der Waals surface area contributed by atoms with Crippen LogP contribution in [-0.2, 0) is 16.1 Å². The zero-order valence-corrected chi connectivity index (χ0v) is 18.6. The van der Waals surface area contributed by atoms with Gasteiger partial charge in [-0.15, -0.1) is 0 Å². The van der Waals surface area contributed by atoms with E-state index in [4.69, 9.17) is 9.47 Å². The number of anilines is 2. The Morgan fingerprint density at radius 2 is 1.77 bits per heavy atom. The number of ether oxygens (including phenoxy) is 2. The summed E-state index contributed by atoms with van der Waals surface area (Å²) >= 11 is 0. The molecule has 0 radical (unpaired) electrons. The summed E-state index contributed by atoms with van der Waals surface area (Å²) in [5.41, 5.74) is 1.60. The minimum atomic E-state index is -0.674. The second kappa shape index (κ2) is 9.46. The molecule has 1 saturated heterocycles. The number of rotatable bonds is 6. The fourth-order valence-corrected chi connectivity index (χ4v) is 4.14. The summed E-state index contributed by atoms with van der Waals surface area (Å²) in [6.45, 7) is 0.486. The van der Waals surface area contributed by atoms with Crippen LogP contribution >= 0.6 is 0 Å². The molecular formula is C26H22FN3O5.